The smallest absolute Gasteiger partial charge is 0.335 e. The summed E-state index contributed by atoms with van der Waals surface area (Å²) in [5.41, 5.74) is 6.60. The minimum atomic E-state index is -0.185. The summed E-state index contributed by atoms with van der Waals surface area (Å²) in [5.74, 6) is 1.50. The van der Waals surface area contributed by atoms with Gasteiger partial charge in [0.25, 0.3) is 0 Å². The molecular formula is C23H28N4O2. The quantitative estimate of drug-likeness (QED) is 0.503. The monoisotopic (exact) mass is 392 g/mol. The average Bonchev–Trinajstić information content (AvgIpc) is 3.51. The molecule has 0 bridgehead atoms. The summed E-state index contributed by atoms with van der Waals surface area (Å²) < 4.78 is 2.30. The number of anilines is 2. The van der Waals surface area contributed by atoms with E-state index in [1.54, 1.807) is 0 Å². The molecule has 1 heterocycles. The second kappa shape index (κ2) is 8.55. The lowest BCUT2D eigenvalue weighted by Gasteiger charge is -2.15. The van der Waals surface area contributed by atoms with Crippen molar-refractivity contribution in [3.63, 3.8) is 0 Å². The molecule has 0 radical (unpaired) electrons. The van der Waals surface area contributed by atoms with E-state index >= 15 is 0 Å². The van der Waals surface area contributed by atoms with Gasteiger partial charge < -0.3 is 14.7 Å². The predicted molar refractivity (Wildman–Crippen MR) is 115 cm³/mol. The molecule has 0 saturated heterocycles. The second-order valence-corrected chi connectivity index (χ2v) is 8.05. The van der Waals surface area contributed by atoms with Crippen molar-refractivity contribution in [1.82, 2.24) is 9.55 Å². The van der Waals surface area contributed by atoms with Gasteiger partial charge in [-0.25, -0.2) is 15.3 Å². The number of hydrogen-bond donors (Lipinski definition) is 2. The van der Waals surface area contributed by atoms with Crippen molar-refractivity contribution < 1.29 is 9.63 Å². The molecule has 1 aliphatic carbocycles. The highest BCUT2D eigenvalue weighted by molar-refractivity contribution is 5.77. The molecule has 0 spiro atoms. The molecule has 152 valence electrons. The Kier molecular flexibility index (Phi) is 5.69. The minimum absolute atomic E-state index is 0.0588. The average molecular weight is 393 g/mol. The van der Waals surface area contributed by atoms with Crippen LogP contribution in [0.4, 0.5) is 11.4 Å². The van der Waals surface area contributed by atoms with Gasteiger partial charge in [0.1, 0.15) is 5.82 Å². The zero-order chi connectivity index (χ0) is 20.2. The Bertz CT molecular complexity index is 991. The summed E-state index contributed by atoms with van der Waals surface area (Å²) in [6.45, 7) is 6.00. The zero-order valence-corrected chi connectivity index (χ0v) is 17.0. The van der Waals surface area contributed by atoms with Gasteiger partial charge >= 0.3 is 5.97 Å². The fraction of sp³-hybridized carbons (Fsp3) is 0.391. The first kappa shape index (κ1) is 19.3. The highest BCUT2D eigenvalue weighted by Gasteiger charge is 2.31. The van der Waals surface area contributed by atoms with E-state index in [2.05, 4.69) is 47.4 Å². The lowest BCUT2D eigenvalue weighted by atomic mass is 10.1. The predicted octanol–water partition coefficient (Wildman–Crippen LogP) is 4.97. The number of aryl methyl sites for hydroxylation is 1. The minimum Gasteiger partial charge on any atom is -0.376 e. The Morgan fingerprint density at radius 1 is 1.14 bits per heavy atom. The van der Waals surface area contributed by atoms with Gasteiger partial charge in [-0.15, -0.1) is 0 Å². The van der Waals surface area contributed by atoms with Crippen LogP contribution in [0.25, 0.3) is 11.0 Å². The van der Waals surface area contributed by atoms with Crippen LogP contribution in [-0.4, -0.2) is 15.5 Å². The van der Waals surface area contributed by atoms with E-state index in [1.165, 1.54) is 0 Å². The highest BCUT2D eigenvalue weighted by Crippen LogP contribution is 2.31. The van der Waals surface area contributed by atoms with Crippen LogP contribution in [0.2, 0.25) is 0 Å². The molecule has 1 saturated carbocycles. The van der Waals surface area contributed by atoms with E-state index in [0.29, 0.717) is 12.5 Å². The fourth-order valence-electron chi connectivity index (χ4n) is 3.31. The van der Waals surface area contributed by atoms with E-state index in [-0.39, 0.29) is 11.9 Å². The number of carbonyl (C=O) groups excluding carboxylic acids is 1. The summed E-state index contributed by atoms with van der Waals surface area (Å²) >= 11 is 0. The third-order valence-corrected chi connectivity index (χ3v) is 5.20. The molecule has 0 aliphatic heterocycles. The van der Waals surface area contributed by atoms with Crippen molar-refractivity contribution in [1.29, 1.82) is 0 Å². The van der Waals surface area contributed by atoms with Gasteiger partial charge in [0.2, 0.25) is 0 Å². The number of fused-ring (bicyclic) bond motifs is 1. The third kappa shape index (κ3) is 4.70. The maximum Gasteiger partial charge on any atom is 0.335 e. The van der Waals surface area contributed by atoms with Crippen LogP contribution in [0.15, 0.2) is 48.5 Å². The molecule has 2 aromatic carbocycles. The van der Waals surface area contributed by atoms with Crippen molar-refractivity contribution in [2.45, 2.75) is 46.2 Å². The Balaban J connectivity index is 1.49. The summed E-state index contributed by atoms with van der Waals surface area (Å²) in [6, 6.07) is 16.0. The van der Waals surface area contributed by atoms with Crippen molar-refractivity contribution in [2.24, 2.45) is 11.8 Å². The molecule has 2 N–H and O–H groups in total. The van der Waals surface area contributed by atoms with Gasteiger partial charge in [-0.2, -0.15) is 0 Å². The molecule has 1 aromatic heterocycles. The number of carbonyl (C=O) groups is 1. The molecule has 3 aromatic rings. The van der Waals surface area contributed by atoms with Gasteiger partial charge in [-0.3, -0.25) is 0 Å². The number of rotatable bonds is 9. The Morgan fingerprint density at radius 3 is 2.62 bits per heavy atom. The molecule has 1 fully saturated rings. The number of nitrogens with zero attached hydrogens (tertiary/aromatic N) is 2. The standard InChI is InChI=1S/C23H28N4O2/c1-16(2)13-14-27-21-10-6-5-9-20(21)25-22(27)15-24-18-7-3-4-8-19(18)26-29-23(28)17-11-12-17/h3-10,16-17,24,26H,11-15H2,1-2H3. The second-order valence-electron chi connectivity index (χ2n) is 8.05. The van der Waals surface area contributed by atoms with Gasteiger partial charge in [0.15, 0.2) is 0 Å². The zero-order valence-electron chi connectivity index (χ0n) is 17.0. The van der Waals surface area contributed by atoms with Crippen LogP contribution in [0.1, 0.15) is 38.9 Å². The van der Waals surface area contributed by atoms with Crippen LogP contribution in [0.3, 0.4) is 0 Å². The number of benzene rings is 2. The normalized spacial score (nSPS) is 13.6. The summed E-state index contributed by atoms with van der Waals surface area (Å²) in [5, 5.41) is 3.45. The third-order valence-electron chi connectivity index (χ3n) is 5.20. The van der Waals surface area contributed by atoms with E-state index in [9.17, 15) is 4.79 Å². The highest BCUT2D eigenvalue weighted by atomic mass is 16.7. The molecule has 6 nitrogen and oxygen atoms in total. The number of imidazole rings is 1. The van der Waals surface area contributed by atoms with Crippen LogP contribution in [0.5, 0.6) is 0 Å². The number of hydrogen-bond acceptors (Lipinski definition) is 5. The molecule has 6 heteroatoms. The maximum atomic E-state index is 11.8. The van der Waals surface area contributed by atoms with Crippen molar-refractivity contribution in [3.8, 4) is 0 Å². The molecule has 29 heavy (non-hydrogen) atoms. The van der Waals surface area contributed by atoms with Crippen LogP contribution in [-0.2, 0) is 22.7 Å². The first-order valence-electron chi connectivity index (χ1n) is 10.4. The summed E-state index contributed by atoms with van der Waals surface area (Å²) in [4.78, 5) is 21.9. The van der Waals surface area contributed by atoms with Gasteiger partial charge in [-0.05, 0) is 49.4 Å². The number of para-hydroxylation sites is 4. The molecule has 0 unspecified atom stereocenters. The van der Waals surface area contributed by atoms with Gasteiger partial charge in [0, 0.05) is 6.54 Å². The van der Waals surface area contributed by atoms with Crippen LogP contribution < -0.4 is 10.8 Å². The topological polar surface area (TPSA) is 68.2 Å². The molecule has 0 atom stereocenters. The summed E-state index contributed by atoms with van der Waals surface area (Å²) in [6.07, 6.45) is 2.95. The molecule has 1 aliphatic rings. The van der Waals surface area contributed by atoms with Gasteiger partial charge in [0.05, 0.1) is 34.9 Å². The molecular weight excluding hydrogens is 364 g/mol. The largest absolute Gasteiger partial charge is 0.376 e. The Morgan fingerprint density at radius 2 is 1.86 bits per heavy atom. The Labute approximate surface area is 171 Å². The number of aromatic nitrogens is 2. The van der Waals surface area contributed by atoms with Crippen molar-refractivity contribution in [3.05, 3.63) is 54.4 Å². The lowest BCUT2D eigenvalue weighted by molar-refractivity contribution is -0.142. The fourth-order valence-corrected chi connectivity index (χ4v) is 3.31. The molecule has 4 rings (SSSR count). The maximum absolute atomic E-state index is 11.8. The van der Waals surface area contributed by atoms with Crippen LogP contribution in [0, 0.1) is 11.8 Å². The van der Waals surface area contributed by atoms with E-state index < -0.39 is 0 Å². The molecule has 0 amide bonds. The van der Waals surface area contributed by atoms with Crippen LogP contribution >= 0.6 is 0 Å². The first-order chi connectivity index (χ1) is 14.1. The number of nitrogens with one attached hydrogen (secondary N) is 2. The SMILES string of the molecule is CC(C)CCn1c(CNc2ccccc2NOC(=O)C2CC2)nc2ccccc21. The van der Waals surface area contributed by atoms with Crippen molar-refractivity contribution in [2.75, 3.05) is 10.8 Å². The lowest BCUT2D eigenvalue weighted by Crippen LogP contribution is -2.14. The summed E-state index contributed by atoms with van der Waals surface area (Å²) in [7, 11) is 0. The van der Waals surface area contributed by atoms with Crippen molar-refractivity contribution >= 4 is 28.4 Å². The Hall–Kier alpha value is -3.02. The van der Waals surface area contributed by atoms with E-state index in [0.717, 1.165) is 54.0 Å². The first-order valence-corrected chi connectivity index (χ1v) is 10.4. The van der Waals surface area contributed by atoms with Gasteiger partial charge in [-0.1, -0.05) is 38.1 Å². The van der Waals surface area contributed by atoms with E-state index in [1.807, 2.05) is 30.3 Å². The van der Waals surface area contributed by atoms with E-state index in [4.69, 9.17) is 9.82 Å².